The van der Waals surface area contributed by atoms with Crippen molar-refractivity contribution in [2.45, 2.75) is 25.3 Å². The van der Waals surface area contributed by atoms with Gasteiger partial charge >= 0.3 is 0 Å². The van der Waals surface area contributed by atoms with E-state index in [1.54, 1.807) is 0 Å². The van der Waals surface area contributed by atoms with Gasteiger partial charge in [-0.3, -0.25) is 0 Å². The zero-order chi connectivity index (χ0) is 11.0. The topological polar surface area (TPSA) is 27.8 Å². The van der Waals surface area contributed by atoms with Crippen molar-refractivity contribution in [2.75, 3.05) is 6.54 Å². The van der Waals surface area contributed by atoms with Gasteiger partial charge in [0.25, 0.3) is 0 Å². The van der Waals surface area contributed by atoms with Crippen molar-refractivity contribution < 1.29 is 0 Å². The van der Waals surface area contributed by atoms with E-state index in [2.05, 4.69) is 28.5 Å². The monoisotopic (exact) mass is 234 g/mol. The molecular weight excluding hydrogens is 220 g/mol. The van der Waals surface area contributed by atoms with E-state index in [0.717, 1.165) is 22.5 Å². The van der Waals surface area contributed by atoms with Crippen molar-refractivity contribution in [3.8, 4) is 0 Å². The second kappa shape index (κ2) is 4.11. The number of benzene rings is 1. The lowest BCUT2D eigenvalue weighted by molar-refractivity contribution is 0.412. The van der Waals surface area contributed by atoms with Gasteiger partial charge in [-0.25, -0.2) is 0 Å². The second-order valence-corrected chi connectivity index (χ2v) is 4.85. The molecule has 1 aliphatic rings. The van der Waals surface area contributed by atoms with Crippen LogP contribution in [0.25, 0.3) is 10.9 Å². The first kappa shape index (κ1) is 10.2. The van der Waals surface area contributed by atoms with E-state index < -0.39 is 0 Å². The molecule has 1 aromatic carbocycles. The maximum Gasteiger partial charge on any atom is 0.0659 e. The molecule has 0 radical (unpaired) electrons. The Bertz CT molecular complexity index is 498. The molecule has 84 valence electrons. The fourth-order valence-corrected chi connectivity index (χ4v) is 2.68. The number of aromatic amines is 1. The number of piperidine rings is 1. The van der Waals surface area contributed by atoms with E-state index in [9.17, 15) is 0 Å². The van der Waals surface area contributed by atoms with Crippen LogP contribution in [0, 0.1) is 0 Å². The first-order valence-electron chi connectivity index (χ1n) is 5.84. The summed E-state index contributed by atoms with van der Waals surface area (Å²) in [6, 6.07) is 7.02. The lowest BCUT2D eigenvalue weighted by Crippen LogP contribution is -2.26. The molecule has 3 heteroatoms. The van der Waals surface area contributed by atoms with Gasteiger partial charge in [-0.05, 0) is 31.0 Å². The fourth-order valence-electron chi connectivity index (χ4n) is 2.46. The van der Waals surface area contributed by atoms with Gasteiger partial charge in [0.1, 0.15) is 0 Å². The molecular formula is C13H15ClN2. The van der Waals surface area contributed by atoms with E-state index in [1.807, 2.05) is 6.20 Å². The Kier molecular flexibility index (Phi) is 2.62. The molecule has 0 saturated carbocycles. The minimum absolute atomic E-state index is 0.514. The summed E-state index contributed by atoms with van der Waals surface area (Å²) in [6.07, 6.45) is 5.71. The Morgan fingerprint density at radius 1 is 1.25 bits per heavy atom. The summed E-state index contributed by atoms with van der Waals surface area (Å²) in [5.74, 6) is 0. The Morgan fingerprint density at radius 3 is 3.00 bits per heavy atom. The van der Waals surface area contributed by atoms with E-state index in [0.29, 0.717) is 6.04 Å². The van der Waals surface area contributed by atoms with Crippen molar-refractivity contribution in [3.63, 3.8) is 0 Å². The number of aromatic nitrogens is 1. The molecule has 3 rings (SSSR count). The summed E-state index contributed by atoms with van der Waals surface area (Å²) in [5, 5.41) is 5.48. The van der Waals surface area contributed by atoms with Crippen LogP contribution in [-0.4, -0.2) is 11.5 Å². The highest BCUT2D eigenvalue weighted by atomic mass is 35.5. The molecule has 1 aromatic heterocycles. The second-order valence-electron chi connectivity index (χ2n) is 4.44. The minimum atomic E-state index is 0.514. The van der Waals surface area contributed by atoms with Crippen LogP contribution in [0.2, 0.25) is 5.02 Å². The van der Waals surface area contributed by atoms with Gasteiger partial charge in [0.05, 0.1) is 5.02 Å². The molecule has 2 nitrogen and oxygen atoms in total. The maximum absolute atomic E-state index is 6.06. The zero-order valence-electron chi connectivity index (χ0n) is 9.09. The smallest absolute Gasteiger partial charge is 0.0659 e. The summed E-state index contributed by atoms with van der Waals surface area (Å²) >= 11 is 6.06. The number of hydrogen-bond acceptors (Lipinski definition) is 1. The van der Waals surface area contributed by atoms with Gasteiger partial charge in [-0.2, -0.15) is 0 Å². The molecule has 0 bridgehead atoms. The summed E-state index contributed by atoms with van der Waals surface area (Å²) < 4.78 is 0. The van der Waals surface area contributed by atoms with Crippen LogP contribution in [0.3, 0.4) is 0 Å². The molecule has 1 aliphatic heterocycles. The van der Waals surface area contributed by atoms with Crippen LogP contribution in [0.15, 0.2) is 24.4 Å². The van der Waals surface area contributed by atoms with Crippen molar-refractivity contribution in [1.82, 2.24) is 10.3 Å². The average Bonchev–Trinajstić information content (AvgIpc) is 2.72. The Labute approximate surface area is 100.0 Å². The third-order valence-electron chi connectivity index (χ3n) is 3.37. The molecule has 2 heterocycles. The normalized spacial score (nSPS) is 21.4. The van der Waals surface area contributed by atoms with Crippen molar-refractivity contribution >= 4 is 22.5 Å². The number of hydrogen-bond donors (Lipinski definition) is 2. The van der Waals surface area contributed by atoms with E-state index >= 15 is 0 Å². The van der Waals surface area contributed by atoms with Gasteiger partial charge in [-0.15, -0.1) is 0 Å². The van der Waals surface area contributed by atoms with Crippen molar-refractivity contribution in [1.29, 1.82) is 0 Å². The van der Waals surface area contributed by atoms with Crippen molar-refractivity contribution in [2.24, 2.45) is 0 Å². The van der Waals surface area contributed by atoms with Crippen LogP contribution in [-0.2, 0) is 0 Å². The highest BCUT2D eigenvalue weighted by Gasteiger charge is 2.15. The molecule has 1 saturated heterocycles. The van der Waals surface area contributed by atoms with Crippen LogP contribution in [0.1, 0.15) is 30.9 Å². The number of fused-ring (bicyclic) bond motifs is 1. The lowest BCUT2D eigenvalue weighted by Gasteiger charge is -2.23. The molecule has 1 fully saturated rings. The predicted molar refractivity (Wildman–Crippen MR) is 67.9 cm³/mol. The Hall–Kier alpha value is -0.990. The zero-order valence-corrected chi connectivity index (χ0v) is 9.85. The maximum atomic E-state index is 6.06. The number of rotatable bonds is 1. The van der Waals surface area contributed by atoms with Gasteiger partial charge < -0.3 is 10.3 Å². The van der Waals surface area contributed by atoms with Gasteiger partial charge in [-0.1, -0.05) is 30.2 Å². The average molecular weight is 235 g/mol. The number of H-pyrrole nitrogens is 1. The summed E-state index contributed by atoms with van der Waals surface area (Å²) in [6.45, 7) is 1.13. The summed E-state index contributed by atoms with van der Waals surface area (Å²) in [5.41, 5.74) is 2.50. The Morgan fingerprint density at radius 2 is 2.19 bits per heavy atom. The van der Waals surface area contributed by atoms with E-state index in [-0.39, 0.29) is 0 Å². The highest BCUT2D eigenvalue weighted by Crippen LogP contribution is 2.28. The van der Waals surface area contributed by atoms with Crippen molar-refractivity contribution in [3.05, 3.63) is 35.0 Å². The summed E-state index contributed by atoms with van der Waals surface area (Å²) in [4.78, 5) is 3.21. The molecule has 1 atom stereocenters. The molecule has 2 N–H and O–H groups in total. The third-order valence-corrected chi connectivity index (χ3v) is 3.68. The largest absolute Gasteiger partial charge is 0.360 e. The molecule has 0 aliphatic carbocycles. The van der Waals surface area contributed by atoms with Crippen LogP contribution in [0.4, 0.5) is 0 Å². The quantitative estimate of drug-likeness (QED) is 0.775. The molecule has 16 heavy (non-hydrogen) atoms. The van der Waals surface area contributed by atoms with E-state index in [4.69, 9.17) is 11.6 Å². The molecule has 2 aromatic rings. The molecule has 0 spiro atoms. The summed E-state index contributed by atoms with van der Waals surface area (Å²) in [7, 11) is 0. The fraction of sp³-hybridized carbons (Fsp3) is 0.385. The molecule has 0 amide bonds. The number of nitrogens with one attached hydrogen (secondary N) is 2. The van der Waals surface area contributed by atoms with Gasteiger partial charge in [0.2, 0.25) is 0 Å². The minimum Gasteiger partial charge on any atom is -0.360 e. The Balaban J connectivity index is 1.97. The van der Waals surface area contributed by atoms with Gasteiger partial charge in [0.15, 0.2) is 0 Å². The van der Waals surface area contributed by atoms with Crippen LogP contribution in [0.5, 0.6) is 0 Å². The number of halogens is 1. The SMILES string of the molecule is Clc1c[nH]c2cc(C3CCCCN3)ccc12. The molecule has 1 unspecified atom stereocenters. The highest BCUT2D eigenvalue weighted by molar-refractivity contribution is 6.35. The third kappa shape index (κ3) is 1.72. The standard InChI is InChI=1S/C13H15ClN2/c14-11-8-16-13-7-9(4-5-10(11)13)12-3-1-2-6-15-12/h4-5,7-8,12,15-16H,1-3,6H2. The first-order chi connectivity index (χ1) is 7.84. The van der Waals surface area contributed by atoms with Gasteiger partial charge in [0, 0.05) is 23.1 Å². The lowest BCUT2D eigenvalue weighted by atomic mass is 9.97. The predicted octanol–water partition coefficient (Wildman–Crippen LogP) is 3.64. The van der Waals surface area contributed by atoms with Crippen LogP contribution < -0.4 is 5.32 Å². The first-order valence-corrected chi connectivity index (χ1v) is 6.22. The van der Waals surface area contributed by atoms with Crippen LogP contribution >= 0.6 is 11.6 Å². The van der Waals surface area contributed by atoms with E-state index in [1.165, 1.54) is 24.8 Å².